The van der Waals surface area contributed by atoms with Crippen LogP contribution >= 0.6 is 0 Å². The minimum Gasteiger partial charge on any atom is -0.497 e. The van der Waals surface area contributed by atoms with Crippen molar-refractivity contribution < 1.29 is 4.74 Å². The van der Waals surface area contributed by atoms with E-state index in [0.717, 1.165) is 11.4 Å². The van der Waals surface area contributed by atoms with Crippen molar-refractivity contribution in [3.8, 4) is 5.75 Å². The number of anilines is 1. The van der Waals surface area contributed by atoms with E-state index < -0.39 is 0 Å². The van der Waals surface area contributed by atoms with Gasteiger partial charge in [0.15, 0.2) is 0 Å². The lowest BCUT2D eigenvalue weighted by atomic mass is 10.1. The van der Waals surface area contributed by atoms with Crippen molar-refractivity contribution in [2.24, 2.45) is 0 Å². The van der Waals surface area contributed by atoms with Gasteiger partial charge in [0.25, 0.3) is 0 Å². The third-order valence-electron chi connectivity index (χ3n) is 3.50. The molecule has 2 aromatic carbocycles. The smallest absolute Gasteiger partial charge is 0.119 e. The van der Waals surface area contributed by atoms with Crippen LogP contribution in [0.1, 0.15) is 5.56 Å². The first-order valence-electron chi connectivity index (χ1n) is 6.94. The van der Waals surface area contributed by atoms with E-state index in [1.807, 2.05) is 54.5 Å². The summed E-state index contributed by atoms with van der Waals surface area (Å²) in [5, 5.41) is 5.48. The summed E-state index contributed by atoms with van der Waals surface area (Å²) in [6, 6.07) is 18.3. The first-order chi connectivity index (χ1) is 10.3. The van der Waals surface area contributed by atoms with Gasteiger partial charge in [0.1, 0.15) is 11.9 Å². The van der Waals surface area contributed by atoms with Gasteiger partial charge < -0.3 is 15.1 Å². The molecule has 0 fully saturated rings. The van der Waals surface area contributed by atoms with Crippen molar-refractivity contribution in [2.75, 3.05) is 19.5 Å². The zero-order valence-corrected chi connectivity index (χ0v) is 12.2. The van der Waals surface area contributed by atoms with Gasteiger partial charge in [0, 0.05) is 12.7 Å². The number of nitrogens with one attached hydrogen (secondary N) is 2. The summed E-state index contributed by atoms with van der Waals surface area (Å²) in [7, 11) is 3.69. The van der Waals surface area contributed by atoms with Crippen LogP contribution in [0, 0.1) is 0 Å². The number of methoxy groups -OCH3 is 1. The molecule has 1 aliphatic rings. The maximum atomic E-state index is 5.17. The van der Waals surface area contributed by atoms with Gasteiger partial charge in [-0.2, -0.15) is 0 Å². The predicted octanol–water partition coefficient (Wildman–Crippen LogP) is 2.92. The number of nitrogens with zero attached hydrogens (tertiary/aromatic N) is 1. The highest BCUT2D eigenvalue weighted by Gasteiger charge is 2.20. The van der Waals surface area contributed by atoms with Crippen molar-refractivity contribution in [2.45, 2.75) is 6.17 Å². The Kier molecular flexibility index (Phi) is 3.79. The van der Waals surface area contributed by atoms with Gasteiger partial charge in [0.2, 0.25) is 0 Å². The average Bonchev–Trinajstić information content (AvgIpc) is 2.89. The second-order valence-electron chi connectivity index (χ2n) is 4.96. The molecule has 108 valence electrons. The summed E-state index contributed by atoms with van der Waals surface area (Å²) in [5.74, 6) is 0.859. The zero-order chi connectivity index (χ0) is 14.7. The maximum Gasteiger partial charge on any atom is 0.119 e. The summed E-state index contributed by atoms with van der Waals surface area (Å²) < 4.78 is 5.17. The van der Waals surface area contributed by atoms with E-state index in [1.54, 1.807) is 7.11 Å². The van der Waals surface area contributed by atoms with E-state index in [9.17, 15) is 0 Å². The maximum absolute atomic E-state index is 5.17. The Hall–Kier alpha value is -2.46. The molecule has 0 bridgehead atoms. The van der Waals surface area contributed by atoms with Gasteiger partial charge >= 0.3 is 0 Å². The number of hydrazine groups is 1. The largest absolute Gasteiger partial charge is 0.497 e. The van der Waals surface area contributed by atoms with Crippen LogP contribution in [0.25, 0.3) is 5.70 Å². The van der Waals surface area contributed by atoms with Crippen LogP contribution in [-0.4, -0.2) is 25.3 Å². The molecule has 0 radical (unpaired) electrons. The summed E-state index contributed by atoms with van der Waals surface area (Å²) >= 11 is 0. The Labute approximate surface area is 125 Å². The molecule has 0 amide bonds. The van der Waals surface area contributed by atoms with Crippen molar-refractivity contribution in [3.05, 3.63) is 66.2 Å². The van der Waals surface area contributed by atoms with Gasteiger partial charge in [-0.25, -0.2) is 5.43 Å². The fraction of sp³-hybridized carbons (Fsp3) is 0.176. The number of rotatable bonds is 4. The van der Waals surface area contributed by atoms with Crippen LogP contribution in [0.15, 0.2) is 60.7 Å². The monoisotopic (exact) mass is 281 g/mol. The van der Waals surface area contributed by atoms with Crippen LogP contribution < -0.4 is 15.5 Å². The average molecular weight is 281 g/mol. The Balaban J connectivity index is 1.74. The van der Waals surface area contributed by atoms with Gasteiger partial charge in [-0.1, -0.05) is 30.3 Å². The highest BCUT2D eigenvalue weighted by molar-refractivity contribution is 5.67. The molecule has 1 aliphatic heterocycles. The van der Waals surface area contributed by atoms with Crippen molar-refractivity contribution in [1.29, 1.82) is 0 Å². The molecular weight excluding hydrogens is 262 g/mol. The molecule has 0 aromatic heterocycles. The minimum absolute atomic E-state index is 0.0681. The van der Waals surface area contributed by atoms with E-state index in [0.29, 0.717) is 0 Å². The molecule has 0 saturated carbocycles. The Bertz CT molecular complexity index is 622. The molecular formula is C17H19N3O. The van der Waals surface area contributed by atoms with Gasteiger partial charge in [-0.05, 0) is 35.9 Å². The third kappa shape index (κ3) is 3.01. The fourth-order valence-electron chi connectivity index (χ4n) is 2.42. The van der Waals surface area contributed by atoms with Crippen LogP contribution in [-0.2, 0) is 0 Å². The van der Waals surface area contributed by atoms with Gasteiger partial charge in [-0.15, -0.1) is 0 Å². The summed E-state index contributed by atoms with van der Waals surface area (Å²) in [6.45, 7) is 0. The second-order valence-corrected chi connectivity index (χ2v) is 4.96. The molecule has 4 nitrogen and oxygen atoms in total. The highest BCUT2D eigenvalue weighted by atomic mass is 16.5. The molecule has 2 N–H and O–H groups in total. The molecule has 2 aromatic rings. The number of ether oxygens (including phenoxy) is 1. The second kappa shape index (κ2) is 5.89. The van der Waals surface area contributed by atoms with Crippen LogP contribution in [0.4, 0.5) is 5.69 Å². The minimum atomic E-state index is 0.0681. The van der Waals surface area contributed by atoms with Crippen molar-refractivity contribution in [3.63, 3.8) is 0 Å². The topological polar surface area (TPSA) is 36.5 Å². The summed E-state index contributed by atoms with van der Waals surface area (Å²) in [5.41, 5.74) is 6.79. The van der Waals surface area contributed by atoms with Gasteiger partial charge in [-0.3, -0.25) is 0 Å². The van der Waals surface area contributed by atoms with E-state index >= 15 is 0 Å². The number of hydrogen-bond acceptors (Lipinski definition) is 4. The van der Waals surface area contributed by atoms with Crippen LogP contribution in [0.3, 0.4) is 0 Å². The summed E-state index contributed by atoms with van der Waals surface area (Å²) in [6.07, 6.45) is 2.25. The van der Waals surface area contributed by atoms with Gasteiger partial charge in [0.05, 0.1) is 12.8 Å². The third-order valence-corrected chi connectivity index (χ3v) is 3.50. The lowest BCUT2D eigenvalue weighted by molar-refractivity contribution is 0.358. The lowest BCUT2D eigenvalue weighted by Crippen LogP contribution is -2.38. The quantitative estimate of drug-likeness (QED) is 0.903. The number of benzene rings is 2. The molecule has 21 heavy (non-hydrogen) atoms. The zero-order valence-electron chi connectivity index (χ0n) is 12.2. The Morgan fingerprint density at radius 3 is 2.43 bits per heavy atom. The number of hydrogen-bond donors (Lipinski definition) is 2. The molecule has 0 aliphatic carbocycles. The Morgan fingerprint density at radius 2 is 1.76 bits per heavy atom. The fourth-order valence-corrected chi connectivity index (χ4v) is 2.42. The first-order valence-corrected chi connectivity index (χ1v) is 6.94. The van der Waals surface area contributed by atoms with E-state index in [4.69, 9.17) is 4.74 Å². The highest BCUT2D eigenvalue weighted by Crippen LogP contribution is 2.23. The molecule has 4 heteroatoms. The molecule has 1 heterocycles. The molecule has 3 rings (SSSR count). The molecule has 0 spiro atoms. The molecule has 1 unspecified atom stereocenters. The SMILES string of the molecule is COc1ccc(NC2C=C(c3ccccc3)N(C)N2)cc1. The Morgan fingerprint density at radius 1 is 1.05 bits per heavy atom. The normalized spacial score (nSPS) is 17.5. The summed E-state index contributed by atoms with van der Waals surface area (Å²) in [4.78, 5) is 0. The predicted molar refractivity (Wildman–Crippen MR) is 85.7 cm³/mol. The molecule has 0 saturated heterocycles. The van der Waals surface area contributed by atoms with E-state index in [2.05, 4.69) is 29.0 Å². The first kappa shape index (κ1) is 13.5. The van der Waals surface area contributed by atoms with Crippen LogP contribution in [0.5, 0.6) is 5.75 Å². The van der Waals surface area contributed by atoms with Crippen molar-refractivity contribution >= 4 is 11.4 Å². The standard InChI is InChI=1S/C17H19N3O/c1-20-16(13-6-4-3-5-7-13)12-17(19-20)18-14-8-10-15(21-2)11-9-14/h3-12,17-19H,1-2H3. The van der Waals surface area contributed by atoms with E-state index in [-0.39, 0.29) is 6.17 Å². The molecule has 1 atom stereocenters. The van der Waals surface area contributed by atoms with Crippen LogP contribution in [0.2, 0.25) is 0 Å². The van der Waals surface area contributed by atoms with E-state index in [1.165, 1.54) is 11.3 Å². The van der Waals surface area contributed by atoms with Crippen molar-refractivity contribution in [1.82, 2.24) is 10.4 Å². The lowest BCUT2D eigenvalue weighted by Gasteiger charge is -2.19.